The Morgan fingerprint density at radius 2 is 2.21 bits per heavy atom. The van der Waals surface area contributed by atoms with Gasteiger partial charge in [0.25, 0.3) is 0 Å². The number of hydrogen-bond donors (Lipinski definition) is 0. The standard InChI is InChI=1S/C13H16ClN3O2/c1-4-19-11(18)7-17-12(9(3)14)16-10-6-5-8(2)15-13(10)17/h5-6,9H,4,7H2,1-3H3. The van der Waals surface area contributed by atoms with Gasteiger partial charge >= 0.3 is 5.97 Å². The van der Waals surface area contributed by atoms with Crippen molar-refractivity contribution in [2.45, 2.75) is 32.7 Å². The van der Waals surface area contributed by atoms with E-state index in [2.05, 4.69) is 9.97 Å². The monoisotopic (exact) mass is 281 g/mol. The van der Waals surface area contributed by atoms with E-state index in [0.29, 0.717) is 18.1 Å². The maximum absolute atomic E-state index is 11.7. The predicted octanol–water partition coefficient (Wildman–Crippen LogP) is 2.60. The molecule has 0 aliphatic heterocycles. The minimum Gasteiger partial charge on any atom is -0.465 e. The van der Waals surface area contributed by atoms with Crippen LogP contribution in [0.4, 0.5) is 0 Å². The Kier molecular flexibility index (Phi) is 4.04. The number of aryl methyl sites for hydroxylation is 1. The molecule has 1 unspecified atom stereocenters. The topological polar surface area (TPSA) is 57.0 Å². The Morgan fingerprint density at radius 1 is 1.47 bits per heavy atom. The molecule has 0 aliphatic carbocycles. The normalized spacial score (nSPS) is 12.6. The number of imidazole rings is 1. The number of halogens is 1. The predicted molar refractivity (Wildman–Crippen MR) is 73.2 cm³/mol. The van der Waals surface area contributed by atoms with Crippen molar-refractivity contribution in [3.8, 4) is 0 Å². The summed E-state index contributed by atoms with van der Waals surface area (Å²) >= 11 is 6.12. The molecule has 102 valence electrons. The molecule has 5 nitrogen and oxygen atoms in total. The van der Waals surface area contributed by atoms with Gasteiger partial charge in [-0.25, -0.2) is 9.97 Å². The highest BCUT2D eigenvalue weighted by Crippen LogP contribution is 2.23. The summed E-state index contributed by atoms with van der Waals surface area (Å²) in [6.07, 6.45) is 0. The Bertz CT molecular complexity index is 607. The largest absolute Gasteiger partial charge is 0.465 e. The molecule has 0 fully saturated rings. The average Bonchev–Trinajstić information content (AvgIpc) is 2.68. The van der Waals surface area contributed by atoms with Crippen molar-refractivity contribution in [1.82, 2.24) is 14.5 Å². The van der Waals surface area contributed by atoms with Gasteiger partial charge in [0.15, 0.2) is 5.65 Å². The number of aromatic nitrogens is 3. The molecule has 0 radical (unpaired) electrons. The van der Waals surface area contributed by atoms with E-state index in [1.54, 1.807) is 11.5 Å². The molecule has 2 aromatic heterocycles. The second-order valence-electron chi connectivity index (χ2n) is 4.27. The first-order valence-corrected chi connectivity index (χ1v) is 6.60. The van der Waals surface area contributed by atoms with Gasteiger partial charge in [-0.3, -0.25) is 4.79 Å². The zero-order chi connectivity index (χ0) is 14.0. The van der Waals surface area contributed by atoms with Crippen molar-refractivity contribution in [3.63, 3.8) is 0 Å². The van der Waals surface area contributed by atoms with Gasteiger partial charge in [0.2, 0.25) is 0 Å². The summed E-state index contributed by atoms with van der Waals surface area (Å²) in [4.78, 5) is 20.5. The van der Waals surface area contributed by atoms with E-state index in [4.69, 9.17) is 16.3 Å². The molecule has 2 heterocycles. The fourth-order valence-electron chi connectivity index (χ4n) is 1.91. The van der Waals surface area contributed by atoms with Crippen molar-refractivity contribution < 1.29 is 9.53 Å². The van der Waals surface area contributed by atoms with E-state index in [-0.39, 0.29) is 17.9 Å². The second-order valence-corrected chi connectivity index (χ2v) is 4.93. The minimum absolute atomic E-state index is 0.0766. The number of carbonyl (C=O) groups excluding carboxylic acids is 1. The first-order valence-electron chi connectivity index (χ1n) is 6.16. The Morgan fingerprint density at radius 3 is 2.84 bits per heavy atom. The zero-order valence-corrected chi connectivity index (χ0v) is 11.9. The van der Waals surface area contributed by atoms with Crippen LogP contribution < -0.4 is 0 Å². The number of rotatable bonds is 4. The van der Waals surface area contributed by atoms with Crippen molar-refractivity contribution in [3.05, 3.63) is 23.7 Å². The number of fused-ring (bicyclic) bond motifs is 1. The Labute approximate surface area is 116 Å². The third kappa shape index (κ3) is 2.87. The molecule has 2 aromatic rings. The van der Waals surface area contributed by atoms with Gasteiger partial charge in [0, 0.05) is 5.69 Å². The molecule has 0 amide bonds. The molecule has 0 saturated heterocycles. The van der Waals surface area contributed by atoms with E-state index in [1.807, 2.05) is 26.0 Å². The third-order valence-electron chi connectivity index (χ3n) is 2.71. The summed E-state index contributed by atoms with van der Waals surface area (Å²) < 4.78 is 6.69. The summed E-state index contributed by atoms with van der Waals surface area (Å²) in [5.74, 6) is 0.312. The molecule has 1 atom stereocenters. The van der Waals surface area contributed by atoms with Crippen molar-refractivity contribution in [1.29, 1.82) is 0 Å². The first-order chi connectivity index (χ1) is 9.02. The van der Waals surface area contributed by atoms with Gasteiger partial charge in [0.05, 0.1) is 12.0 Å². The maximum Gasteiger partial charge on any atom is 0.326 e. The van der Waals surface area contributed by atoms with E-state index in [1.165, 1.54) is 0 Å². The quantitative estimate of drug-likeness (QED) is 0.638. The lowest BCUT2D eigenvalue weighted by Crippen LogP contribution is -2.16. The fourth-order valence-corrected chi connectivity index (χ4v) is 2.08. The van der Waals surface area contributed by atoms with E-state index in [9.17, 15) is 4.79 Å². The van der Waals surface area contributed by atoms with Crippen LogP contribution in [0.15, 0.2) is 12.1 Å². The summed E-state index contributed by atoms with van der Waals surface area (Å²) in [5.41, 5.74) is 2.26. The van der Waals surface area contributed by atoms with Crippen LogP contribution in [0.3, 0.4) is 0 Å². The number of esters is 1. The number of nitrogens with zero attached hydrogens (tertiary/aromatic N) is 3. The molecule has 0 saturated carbocycles. The maximum atomic E-state index is 11.7. The Balaban J connectivity index is 2.50. The van der Waals surface area contributed by atoms with E-state index < -0.39 is 0 Å². The highest BCUT2D eigenvalue weighted by Gasteiger charge is 2.18. The van der Waals surface area contributed by atoms with Crippen LogP contribution in [-0.4, -0.2) is 27.1 Å². The van der Waals surface area contributed by atoms with Gasteiger partial charge < -0.3 is 9.30 Å². The van der Waals surface area contributed by atoms with Crippen LogP contribution in [0.25, 0.3) is 11.2 Å². The van der Waals surface area contributed by atoms with Crippen LogP contribution in [0.1, 0.15) is 30.7 Å². The highest BCUT2D eigenvalue weighted by atomic mass is 35.5. The number of hydrogen-bond acceptors (Lipinski definition) is 4. The lowest BCUT2D eigenvalue weighted by atomic mass is 10.3. The van der Waals surface area contributed by atoms with Crippen LogP contribution in [0, 0.1) is 6.92 Å². The van der Waals surface area contributed by atoms with Crippen LogP contribution in [0.2, 0.25) is 0 Å². The number of pyridine rings is 1. The molecule has 0 spiro atoms. The van der Waals surface area contributed by atoms with Crippen molar-refractivity contribution in [2.24, 2.45) is 0 Å². The molecule has 19 heavy (non-hydrogen) atoms. The van der Waals surface area contributed by atoms with Crippen LogP contribution in [-0.2, 0) is 16.1 Å². The third-order valence-corrected chi connectivity index (χ3v) is 2.90. The molecule has 0 N–H and O–H groups in total. The van der Waals surface area contributed by atoms with Gasteiger partial charge in [-0.15, -0.1) is 11.6 Å². The first kappa shape index (κ1) is 13.8. The van der Waals surface area contributed by atoms with Gasteiger partial charge in [-0.05, 0) is 32.9 Å². The van der Waals surface area contributed by atoms with E-state index >= 15 is 0 Å². The number of alkyl halides is 1. The van der Waals surface area contributed by atoms with Crippen molar-refractivity contribution >= 4 is 28.7 Å². The fraction of sp³-hybridized carbons (Fsp3) is 0.462. The second kappa shape index (κ2) is 5.57. The molecule has 0 aromatic carbocycles. The SMILES string of the molecule is CCOC(=O)Cn1c(C(C)Cl)nc2ccc(C)nc21. The van der Waals surface area contributed by atoms with Crippen LogP contribution >= 0.6 is 11.6 Å². The number of ether oxygens (including phenoxy) is 1. The van der Waals surface area contributed by atoms with Gasteiger partial charge in [0.1, 0.15) is 17.9 Å². The lowest BCUT2D eigenvalue weighted by Gasteiger charge is -2.09. The minimum atomic E-state index is -0.316. The summed E-state index contributed by atoms with van der Waals surface area (Å²) in [6.45, 7) is 5.91. The summed E-state index contributed by atoms with van der Waals surface area (Å²) in [5, 5.41) is -0.302. The average molecular weight is 282 g/mol. The molecule has 2 rings (SSSR count). The molecule has 0 bridgehead atoms. The lowest BCUT2D eigenvalue weighted by molar-refractivity contribution is -0.143. The van der Waals surface area contributed by atoms with Gasteiger partial charge in [-0.2, -0.15) is 0 Å². The summed E-state index contributed by atoms with van der Waals surface area (Å²) in [6, 6.07) is 3.76. The molecular weight excluding hydrogens is 266 g/mol. The summed E-state index contributed by atoms with van der Waals surface area (Å²) in [7, 11) is 0. The highest BCUT2D eigenvalue weighted by molar-refractivity contribution is 6.20. The van der Waals surface area contributed by atoms with Crippen LogP contribution in [0.5, 0.6) is 0 Å². The van der Waals surface area contributed by atoms with Crippen molar-refractivity contribution in [2.75, 3.05) is 6.61 Å². The molecule has 6 heteroatoms. The molecule has 0 aliphatic rings. The smallest absolute Gasteiger partial charge is 0.326 e. The number of carbonyl (C=O) groups is 1. The van der Waals surface area contributed by atoms with E-state index in [0.717, 1.165) is 11.2 Å². The molecular formula is C13H16ClN3O2. The van der Waals surface area contributed by atoms with Gasteiger partial charge in [-0.1, -0.05) is 0 Å². The zero-order valence-electron chi connectivity index (χ0n) is 11.2. The Hall–Kier alpha value is -1.62.